The predicted octanol–water partition coefficient (Wildman–Crippen LogP) is 2.49. The van der Waals surface area contributed by atoms with Gasteiger partial charge in [-0.05, 0) is 32.6 Å². The number of carbonyl (C=O) groups excluding carboxylic acids is 2. The van der Waals surface area contributed by atoms with Crippen molar-refractivity contribution in [1.29, 1.82) is 0 Å². The van der Waals surface area contributed by atoms with Crippen LogP contribution in [-0.2, 0) is 9.59 Å². The quantitative estimate of drug-likeness (QED) is 0.808. The van der Waals surface area contributed by atoms with Gasteiger partial charge >= 0.3 is 0 Å². The average molecular weight is 280 g/mol. The standard InChI is InChI=1S/C16H28N2O2/c1-8-16(7)14(20)18(10-9-11(2)3)12(13(19)17-16)15(4,5)6/h9,12H,8,10H2,1-7H3,(H,17,19). The molecule has 1 heterocycles. The molecule has 0 aromatic heterocycles. The van der Waals surface area contributed by atoms with E-state index in [-0.39, 0.29) is 17.2 Å². The Balaban J connectivity index is 3.21. The summed E-state index contributed by atoms with van der Waals surface area (Å²) in [6, 6.07) is -0.426. The van der Waals surface area contributed by atoms with Gasteiger partial charge in [0.15, 0.2) is 0 Å². The molecule has 1 saturated heterocycles. The first-order chi connectivity index (χ1) is 9.03. The van der Waals surface area contributed by atoms with Crippen LogP contribution in [0.4, 0.5) is 0 Å². The van der Waals surface area contributed by atoms with Crippen LogP contribution in [0, 0.1) is 5.41 Å². The third-order valence-electron chi connectivity index (χ3n) is 3.92. The van der Waals surface area contributed by atoms with E-state index in [1.54, 1.807) is 4.90 Å². The molecule has 1 aliphatic heterocycles. The largest absolute Gasteiger partial charge is 0.340 e. The first-order valence-electron chi connectivity index (χ1n) is 7.29. The number of rotatable bonds is 3. The van der Waals surface area contributed by atoms with Gasteiger partial charge in [0.25, 0.3) is 0 Å². The van der Waals surface area contributed by atoms with Gasteiger partial charge in [-0.25, -0.2) is 0 Å². The molecule has 4 heteroatoms. The maximum Gasteiger partial charge on any atom is 0.249 e. The number of allylic oxidation sites excluding steroid dienone is 1. The molecule has 0 radical (unpaired) electrons. The maximum atomic E-state index is 12.8. The minimum Gasteiger partial charge on any atom is -0.340 e. The highest BCUT2D eigenvalue weighted by Gasteiger charge is 2.50. The molecular formula is C16H28N2O2. The van der Waals surface area contributed by atoms with Gasteiger partial charge in [-0.2, -0.15) is 0 Å². The van der Waals surface area contributed by atoms with E-state index in [9.17, 15) is 9.59 Å². The van der Waals surface area contributed by atoms with Gasteiger partial charge in [0.1, 0.15) is 11.6 Å². The summed E-state index contributed by atoms with van der Waals surface area (Å²) < 4.78 is 0. The number of nitrogens with one attached hydrogen (secondary N) is 1. The molecule has 4 nitrogen and oxygen atoms in total. The van der Waals surface area contributed by atoms with Crippen molar-refractivity contribution in [3.63, 3.8) is 0 Å². The number of piperazine rings is 1. The zero-order chi connectivity index (χ0) is 15.7. The summed E-state index contributed by atoms with van der Waals surface area (Å²) in [5.74, 6) is -0.0411. The lowest BCUT2D eigenvalue weighted by Crippen LogP contribution is -2.71. The monoisotopic (exact) mass is 280 g/mol. The third kappa shape index (κ3) is 3.22. The lowest BCUT2D eigenvalue weighted by atomic mass is 9.80. The summed E-state index contributed by atoms with van der Waals surface area (Å²) in [6.07, 6.45) is 2.60. The van der Waals surface area contributed by atoms with Crippen LogP contribution in [0.1, 0.15) is 54.9 Å². The lowest BCUT2D eigenvalue weighted by molar-refractivity contribution is -0.158. The average Bonchev–Trinajstić information content (AvgIpc) is 2.29. The fourth-order valence-electron chi connectivity index (χ4n) is 2.54. The van der Waals surface area contributed by atoms with E-state index in [1.165, 1.54) is 0 Å². The van der Waals surface area contributed by atoms with Crippen LogP contribution in [0.2, 0.25) is 0 Å². The van der Waals surface area contributed by atoms with Crippen LogP contribution >= 0.6 is 0 Å². The second kappa shape index (κ2) is 5.58. The molecule has 1 fully saturated rings. The smallest absolute Gasteiger partial charge is 0.249 e. The van der Waals surface area contributed by atoms with Crippen molar-refractivity contribution in [3.8, 4) is 0 Å². The molecule has 20 heavy (non-hydrogen) atoms. The van der Waals surface area contributed by atoms with Gasteiger partial charge in [0.05, 0.1) is 0 Å². The minimum atomic E-state index is -0.783. The SMILES string of the molecule is CCC1(C)NC(=O)C(C(C)(C)C)N(CC=C(C)C)C1=O. The normalized spacial score (nSPS) is 27.4. The lowest BCUT2D eigenvalue weighted by Gasteiger charge is -2.48. The fraction of sp³-hybridized carbons (Fsp3) is 0.750. The predicted molar refractivity (Wildman–Crippen MR) is 81.2 cm³/mol. The second-order valence-corrected chi connectivity index (χ2v) is 7.18. The topological polar surface area (TPSA) is 49.4 Å². The van der Waals surface area contributed by atoms with Crippen LogP contribution in [0.25, 0.3) is 0 Å². The summed E-state index contributed by atoms with van der Waals surface area (Å²) in [6.45, 7) is 14.2. The van der Waals surface area contributed by atoms with Gasteiger partial charge < -0.3 is 10.2 Å². The number of hydrogen-bond donors (Lipinski definition) is 1. The van der Waals surface area contributed by atoms with E-state index < -0.39 is 11.6 Å². The van der Waals surface area contributed by atoms with E-state index in [0.717, 1.165) is 5.57 Å². The fourth-order valence-corrected chi connectivity index (χ4v) is 2.54. The van der Waals surface area contributed by atoms with Crippen LogP contribution in [0.3, 0.4) is 0 Å². The van der Waals surface area contributed by atoms with Gasteiger partial charge in [-0.15, -0.1) is 0 Å². The van der Waals surface area contributed by atoms with E-state index in [0.29, 0.717) is 13.0 Å². The molecule has 1 aliphatic rings. The zero-order valence-corrected chi connectivity index (χ0v) is 13.8. The van der Waals surface area contributed by atoms with Crippen LogP contribution in [0.5, 0.6) is 0 Å². The van der Waals surface area contributed by atoms with Crippen LogP contribution < -0.4 is 5.32 Å². The van der Waals surface area contributed by atoms with Crippen molar-refractivity contribution in [2.24, 2.45) is 5.41 Å². The van der Waals surface area contributed by atoms with Crippen molar-refractivity contribution in [1.82, 2.24) is 10.2 Å². The first kappa shape index (κ1) is 16.7. The molecule has 2 amide bonds. The minimum absolute atomic E-state index is 0.0111. The Labute approximate surface area is 122 Å². The van der Waals surface area contributed by atoms with E-state index in [2.05, 4.69) is 5.32 Å². The number of carbonyl (C=O) groups is 2. The molecule has 1 rings (SSSR count). The summed E-state index contributed by atoms with van der Waals surface area (Å²) in [7, 11) is 0. The van der Waals surface area contributed by atoms with Crippen molar-refractivity contribution < 1.29 is 9.59 Å². The molecule has 114 valence electrons. The van der Waals surface area contributed by atoms with Crippen LogP contribution in [-0.4, -0.2) is 34.8 Å². The Kier molecular flexibility index (Phi) is 4.67. The third-order valence-corrected chi connectivity index (χ3v) is 3.92. The summed E-state index contributed by atoms with van der Waals surface area (Å²) >= 11 is 0. The van der Waals surface area contributed by atoms with Gasteiger partial charge in [0, 0.05) is 6.54 Å². The Morgan fingerprint density at radius 2 is 1.90 bits per heavy atom. The Morgan fingerprint density at radius 3 is 2.30 bits per heavy atom. The first-order valence-corrected chi connectivity index (χ1v) is 7.29. The van der Waals surface area contributed by atoms with Gasteiger partial charge in [-0.3, -0.25) is 9.59 Å². The highest BCUT2D eigenvalue weighted by atomic mass is 16.2. The molecule has 0 bridgehead atoms. The van der Waals surface area contributed by atoms with Crippen molar-refractivity contribution in [3.05, 3.63) is 11.6 Å². The molecular weight excluding hydrogens is 252 g/mol. The summed E-state index contributed by atoms with van der Waals surface area (Å²) in [4.78, 5) is 27.0. The van der Waals surface area contributed by atoms with E-state index >= 15 is 0 Å². The number of hydrogen-bond acceptors (Lipinski definition) is 2. The maximum absolute atomic E-state index is 12.8. The molecule has 0 spiro atoms. The Hall–Kier alpha value is -1.32. The molecule has 0 aromatic carbocycles. The summed E-state index contributed by atoms with van der Waals surface area (Å²) in [5.41, 5.74) is 0.0770. The Bertz CT molecular complexity index is 430. The molecule has 2 atom stereocenters. The molecule has 0 aliphatic carbocycles. The molecule has 1 N–H and O–H groups in total. The van der Waals surface area contributed by atoms with Crippen molar-refractivity contribution >= 4 is 11.8 Å². The molecule has 0 aromatic rings. The van der Waals surface area contributed by atoms with Crippen molar-refractivity contribution in [2.75, 3.05) is 6.54 Å². The number of amides is 2. The second-order valence-electron chi connectivity index (χ2n) is 7.18. The zero-order valence-electron chi connectivity index (χ0n) is 13.8. The highest BCUT2D eigenvalue weighted by Crippen LogP contribution is 2.31. The van der Waals surface area contributed by atoms with E-state index in [4.69, 9.17) is 0 Å². The van der Waals surface area contributed by atoms with Gasteiger partial charge in [0.2, 0.25) is 11.8 Å². The van der Waals surface area contributed by atoms with Gasteiger partial charge in [-0.1, -0.05) is 39.3 Å². The molecule has 0 saturated carbocycles. The highest BCUT2D eigenvalue weighted by molar-refractivity contribution is 6.00. The summed E-state index contributed by atoms with van der Waals surface area (Å²) in [5, 5.41) is 2.92. The van der Waals surface area contributed by atoms with Crippen molar-refractivity contribution in [2.45, 2.75) is 66.5 Å². The molecule has 2 unspecified atom stereocenters. The number of nitrogens with zero attached hydrogens (tertiary/aromatic N) is 1. The van der Waals surface area contributed by atoms with E-state index in [1.807, 2.05) is 54.5 Å². The van der Waals surface area contributed by atoms with Crippen LogP contribution in [0.15, 0.2) is 11.6 Å². The Morgan fingerprint density at radius 1 is 1.35 bits per heavy atom.